The second kappa shape index (κ2) is 4.18. The molecule has 80 valence electrons. The molecular weight excluding hydrogens is 200 g/mol. The molecule has 0 saturated carbocycles. The highest BCUT2D eigenvalue weighted by Crippen LogP contribution is 2.28. The van der Waals surface area contributed by atoms with Crippen LogP contribution in [0.15, 0.2) is 9.95 Å². The van der Waals surface area contributed by atoms with Crippen molar-refractivity contribution >= 4 is 11.8 Å². The summed E-state index contributed by atoms with van der Waals surface area (Å²) in [5, 5.41) is 7.08. The minimum Gasteiger partial charge on any atom is -0.329 e. The Hall–Kier alpha value is -0.750. The molecule has 3 N–H and O–H groups in total. The number of nitrogens with one attached hydrogen (secondary N) is 1. The zero-order valence-corrected chi connectivity index (χ0v) is 9.52. The van der Waals surface area contributed by atoms with Crippen LogP contribution in [0, 0.1) is 0 Å². The van der Waals surface area contributed by atoms with Gasteiger partial charge in [0.05, 0.1) is 0 Å². The zero-order chi connectivity index (χ0) is 10.8. The Labute approximate surface area is 87.1 Å². The molecule has 1 aromatic heterocycles. The molecule has 0 unspecified atom stereocenters. The fraction of sp³-hybridized carbons (Fsp3) is 0.750. The van der Waals surface area contributed by atoms with Crippen molar-refractivity contribution in [1.82, 2.24) is 14.8 Å². The van der Waals surface area contributed by atoms with Gasteiger partial charge in [-0.25, -0.2) is 9.89 Å². The van der Waals surface area contributed by atoms with Gasteiger partial charge in [-0.1, -0.05) is 11.8 Å². The molecule has 1 rings (SSSR count). The molecule has 6 heteroatoms. The van der Waals surface area contributed by atoms with E-state index in [2.05, 4.69) is 10.2 Å². The van der Waals surface area contributed by atoms with E-state index in [-0.39, 0.29) is 10.4 Å². The van der Waals surface area contributed by atoms with E-state index in [4.69, 9.17) is 5.73 Å². The number of thioether (sulfide) groups is 1. The van der Waals surface area contributed by atoms with Crippen LogP contribution >= 0.6 is 11.8 Å². The standard InChI is InChI=1S/C8H16N4OS/c1-4-12-6(13)10-11-7(12)14-8(2,3)5-9/h4-5,9H2,1-3H3,(H,10,13). The summed E-state index contributed by atoms with van der Waals surface area (Å²) in [5.41, 5.74) is 5.44. The third-order valence-corrected chi connectivity index (χ3v) is 3.11. The first-order valence-electron chi connectivity index (χ1n) is 4.54. The van der Waals surface area contributed by atoms with Gasteiger partial charge in [-0.05, 0) is 20.8 Å². The Balaban J connectivity index is 2.92. The van der Waals surface area contributed by atoms with E-state index in [0.29, 0.717) is 18.2 Å². The fourth-order valence-corrected chi connectivity index (χ4v) is 1.94. The third-order valence-electron chi connectivity index (χ3n) is 1.90. The SMILES string of the molecule is CCn1c(SC(C)(C)CN)n[nH]c1=O. The Morgan fingerprint density at radius 1 is 1.64 bits per heavy atom. The highest BCUT2D eigenvalue weighted by Gasteiger charge is 2.21. The molecule has 5 nitrogen and oxygen atoms in total. The normalized spacial score (nSPS) is 12.0. The quantitative estimate of drug-likeness (QED) is 0.715. The first-order valence-corrected chi connectivity index (χ1v) is 5.36. The number of nitrogens with two attached hydrogens (primary N) is 1. The molecule has 0 aliphatic heterocycles. The Bertz CT molecular complexity index is 354. The Morgan fingerprint density at radius 2 is 2.29 bits per heavy atom. The lowest BCUT2D eigenvalue weighted by Crippen LogP contribution is -2.27. The van der Waals surface area contributed by atoms with Crippen molar-refractivity contribution in [2.45, 2.75) is 37.2 Å². The minimum absolute atomic E-state index is 0.0987. The fourth-order valence-electron chi connectivity index (χ4n) is 0.949. The van der Waals surface area contributed by atoms with Crippen LogP contribution in [0.25, 0.3) is 0 Å². The van der Waals surface area contributed by atoms with Gasteiger partial charge >= 0.3 is 5.69 Å². The van der Waals surface area contributed by atoms with E-state index in [1.807, 2.05) is 20.8 Å². The maximum absolute atomic E-state index is 11.2. The molecular formula is C8H16N4OS. The molecule has 1 heterocycles. The molecule has 0 saturated heterocycles. The van der Waals surface area contributed by atoms with Crippen molar-refractivity contribution in [1.29, 1.82) is 0 Å². The number of aromatic nitrogens is 3. The smallest absolute Gasteiger partial charge is 0.329 e. The van der Waals surface area contributed by atoms with Gasteiger partial charge in [-0.2, -0.15) is 0 Å². The molecule has 1 aromatic rings. The van der Waals surface area contributed by atoms with E-state index >= 15 is 0 Å². The predicted molar refractivity (Wildman–Crippen MR) is 57.5 cm³/mol. The van der Waals surface area contributed by atoms with Crippen LogP contribution in [0.2, 0.25) is 0 Å². The summed E-state index contributed by atoms with van der Waals surface area (Å²) in [5.74, 6) is 0. The molecule has 0 amide bonds. The van der Waals surface area contributed by atoms with Gasteiger partial charge in [0.1, 0.15) is 0 Å². The highest BCUT2D eigenvalue weighted by molar-refractivity contribution is 8.00. The molecule has 14 heavy (non-hydrogen) atoms. The molecule has 0 aromatic carbocycles. The van der Waals surface area contributed by atoms with Gasteiger partial charge in [-0.3, -0.25) is 4.57 Å². The van der Waals surface area contributed by atoms with E-state index in [9.17, 15) is 4.79 Å². The van der Waals surface area contributed by atoms with Crippen LogP contribution in [0.4, 0.5) is 0 Å². The topological polar surface area (TPSA) is 76.7 Å². The monoisotopic (exact) mass is 216 g/mol. The lowest BCUT2D eigenvalue weighted by atomic mass is 10.2. The van der Waals surface area contributed by atoms with Crippen molar-refractivity contribution in [3.63, 3.8) is 0 Å². The van der Waals surface area contributed by atoms with Crippen LogP contribution in [0.1, 0.15) is 20.8 Å². The summed E-state index contributed by atoms with van der Waals surface area (Å²) >= 11 is 1.51. The first kappa shape index (κ1) is 11.3. The molecule has 0 aliphatic carbocycles. The highest BCUT2D eigenvalue weighted by atomic mass is 32.2. The molecule has 0 spiro atoms. The molecule has 0 atom stereocenters. The van der Waals surface area contributed by atoms with Gasteiger partial charge in [-0.15, -0.1) is 5.10 Å². The van der Waals surface area contributed by atoms with Crippen LogP contribution < -0.4 is 11.4 Å². The van der Waals surface area contributed by atoms with Crippen molar-refractivity contribution in [3.05, 3.63) is 10.5 Å². The first-order chi connectivity index (χ1) is 6.50. The van der Waals surface area contributed by atoms with Crippen LogP contribution in [-0.4, -0.2) is 26.1 Å². The number of rotatable bonds is 4. The Morgan fingerprint density at radius 3 is 2.79 bits per heavy atom. The summed E-state index contributed by atoms with van der Waals surface area (Å²) in [6, 6.07) is 0. The van der Waals surface area contributed by atoms with E-state index in [1.165, 1.54) is 11.8 Å². The lowest BCUT2D eigenvalue weighted by molar-refractivity contribution is 0.647. The van der Waals surface area contributed by atoms with E-state index in [0.717, 1.165) is 0 Å². The third kappa shape index (κ3) is 2.39. The maximum atomic E-state index is 11.2. The average molecular weight is 216 g/mol. The maximum Gasteiger partial charge on any atom is 0.343 e. The van der Waals surface area contributed by atoms with Crippen molar-refractivity contribution in [3.8, 4) is 0 Å². The van der Waals surface area contributed by atoms with Gasteiger partial charge in [0.15, 0.2) is 5.16 Å². The van der Waals surface area contributed by atoms with Gasteiger partial charge in [0, 0.05) is 17.8 Å². The van der Waals surface area contributed by atoms with E-state index in [1.54, 1.807) is 4.57 Å². The minimum atomic E-state index is -0.164. The zero-order valence-electron chi connectivity index (χ0n) is 8.70. The number of aromatic amines is 1. The summed E-state index contributed by atoms with van der Waals surface area (Å²) in [7, 11) is 0. The number of H-pyrrole nitrogens is 1. The van der Waals surface area contributed by atoms with Gasteiger partial charge in [0.2, 0.25) is 0 Å². The second-order valence-electron chi connectivity index (χ2n) is 3.62. The van der Waals surface area contributed by atoms with Crippen molar-refractivity contribution < 1.29 is 0 Å². The van der Waals surface area contributed by atoms with Crippen LogP contribution in [-0.2, 0) is 6.54 Å². The van der Waals surface area contributed by atoms with Gasteiger partial charge < -0.3 is 5.73 Å². The summed E-state index contributed by atoms with van der Waals surface area (Å²) < 4.78 is 1.50. The summed E-state index contributed by atoms with van der Waals surface area (Å²) in [6.07, 6.45) is 0. The average Bonchev–Trinajstić information content (AvgIpc) is 2.46. The summed E-state index contributed by atoms with van der Waals surface area (Å²) in [4.78, 5) is 11.2. The predicted octanol–water partition coefficient (Wildman–Crippen LogP) is 0.421. The number of hydrogen-bond donors (Lipinski definition) is 2. The molecule has 0 radical (unpaired) electrons. The van der Waals surface area contributed by atoms with Crippen LogP contribution in [0.5, 0.6) is 0 Å². The Kier molecular flexibility index (Phi) is 3.38. The lowest BCUT2D eigenvalue weighted by Gasteiger charge is -2.20. The second-order valence-corrected chi connectivity index (χ2v) is 5.30. The largest absolute Gasteiger partial charge is 0.343 e. The number of nitrogens with zero attached hydrogens (tertiary/aromatic N) is 2. The van der Waals surface area contributed by atoms with Crippen molar-refractivity contribution in [2.75, 3.05) is 6.54 Å². The molecule has 0 fully saturated rings. The summed E-state index contributed by atoms with van der Waals surface area (Å²) in [6.45, 7) is 7.13. The molecule has 0 aliphatic rings. The van der Waals surface area contributed by atoms with Crippen LogP contribution in [0.3, 0.4) is 0 Å². The molecule has 0 bridgehead atoms. The van der Waals surface area contributed by atoms with E-state index < -0.39 is 0 Å². The number of hydrogen-bond acceptors (Lipinski definition) is 4. The van der Waals surface area contributed by atoms with Gasteiger partial charge in [0.25, 0.3) is 0 Å². The van der Waals surface area contributed by atoms with Crippen molar-refractivity contribution in [2.24, 2.45) is 5.73 Å².